The predicted molar refractivity (Wildman–Crippen MR) is 62.2 cm³/mol. The lowest BCUT2D eigenvalue weighted by atomic mass is 10.1. The van der Waals surface area contributed by atoms with Gasteiger partial charge in [0.15, 0.2) is 0 Å². The standard InChI is InChI=1S/C11H14F3NO2S/c1-10(17,8-3-2-6-18-8)7-15-9(16)4-5-11(12,13)14/h2-3,6,17H,4-5,7H2,1H3,(H,15,16). The minimum absolute atomic E-state index is 0.107. The molecule has 7 heteroatoms. The molecule has 1 rings (SSSR count). The third-order valence-corrected chi connectivity index (χ3v) is 3.44. The van der Waals surface area contributed by atoms with Gasteiger partial charge in [-0.25, -0.2) is 0 Å². The summed E-state index contributed by atoms with van der Waals surface area (Å²) in [4.78, 5) is 11.8. The summed E-state index contributed by atoms with van der Waals surface area (Å²) in [6, 6.07) is 3.45. The number of nitrogens with one attached hydrogen (secondary N) is 1. The zero-order chi connectivity index (χ0) is 13.8. The van der Waals surface area contributed by atoms with Crippen molar-refractivity contribution >= 4 is 17.2 Å². The Morgan fingerprint density at radius 2 is 2.17 bits per heavy atom. The summed E-state index contributed by atoms with van der Waals surface area (Å²) < 4.78 is 35.7. The molecule has 1 unspecified atom stereocenters. The van der Waals surface area contributed by atoms with E-state index >= 15 is 0 Å². The number of alkyl halides is 3. The van der Waals surface area contributed by atoms with E-state index in [9.17, 15) is 23.1 Å². The molecule has 0 radical (unpaired) electrons. The molecular weight excluding hydrogens is 267 g/mol. The second kappa shape index (κ2) is 5.71. The Kier molecular flexibility index (Phi) is 4.75. The van der Waals surface area contributed by atoms with Crippen LogP contribution < -0.4 is 5.32 Å². The van der Waals surface area contributed by atoms with Crippen molar-refractivity contribution in [1.29, 1.82) is 0 Å². The van der Waals surface area contributed by atoms with Gasteiger partial charge in [0.05, 0.1) is 13.0 Å². The first-order valence-corrected chi connectivity index (χ1v) is 6.18. The molecule has 0 aromatic carbocycles. The zero-order valence-corrected chi connectivity index (χ0v) is 10.6. The smallest absolute Gasteiger partial charge is 0.383 e. The predicted octanol–water partition coefficient (Wildman–Crippen LogP) is 2.41. The summed E-state index contributed by atoms with van der Waals surface area (Å²) in [5.74, 6) is -0.718. The second-order valence-corrected chi connectivity index (χ2v) is 5.09. The lowest BCUT2D eigenvalue weighted by Gasteiger charge is -2.22. The Bertz CT molecular complexity index is 387. The van der Waals surface area contributed by atoms with Gasteiger partial charge in [-0.15, -0.1) is 11.3 Å². The molecule has 18 heavy (non-hydrogen) atoms. The molecule has 0 bridgehead atoms. The molecule has 1 aromatic heterocycles. The van der Waals surface area contributed by atoms with Crippen molar-refractivity contribution in [3.63, 3.8) is 0 Å². The first-order valence-electron chi connectivity index (χ1n) is 5.30. The van der Waals surface area contributed by atoms with Crippen molar-refractivity contribution in [2.45, 2.75) is 31.5 Å². The van der Waals surface area contributed by atoms with Gasteiger partial charge in [0.25, 0.3) is 0 Å². The molecule has 0 fully saturated rings. The van der Waals surface area contributed by atoms with Crippen LogP contribution in [0.15, 0.2) is 17.5 Å². The maximum Gasteiger partial charge on any atom is 0.389 e. The Balaban J connectivity index is 2.39. The third kappa shape index (κ3) is 5.05. The molecule has 3 nitrogen and oxygen atoms in total. The molecule has 102 valence electrons. The molecule has 0 aliphatic rings. The van der Waals surface area contributed by atoms with Crippen molar-refractivity contribution in [1.82, 2.24) is 5.32 Å². The number of thiophene rings is 1. The minimum atomic E-state index is -4.34. The number of carbonyl (C=O) groups excluding carboxylic acids is 1. The molecule has 0 saturated heterocycles. The minimum Gasteiger partial charge on any atom is -0.383 e. The van der Waals surface area contributed by atoms with Crippen LogP contribution in [0.25, 0.3) is 0 Å². The molecule has 0 spiro atoms. The van der Waals surface area contributed by atoms with Gasteiger partial charge >= 0.3 is 6.18 Å². The van der Waals surface area contributed by atoms with Gasteiger partial charge < -0.3 is 10.4 Å². The highest BCUT2D eigenvalue weighted by molar-refractivity contribution is 7.10. The van der Waals surface area contributed by atoms with E-state index in [-0.39, 0.29) is 6.54 Å². The van der Waals surface area contributed by atoms with E-state index in [0.29, 0.717) is 4.88 Å². The SMILES string of the molecule is CC(O)(CNC(=O)CCC(F)(F)F)c1cccs1. The van der Waals surface area contributed by atoms with Crippen LogP contribution in [0.4, 0.5) is 13.2 Å². The molecule has 1 aromatic rings. The molecule has 1 atom stereocenters. The van der Waals surface area contributed by atoms with E-state index in [1.54, 1.807) is 17.5 Å². The third-order valence-electron chi connectivity index (χ3n) is 2.32. The number of hydrogen-bond acceptors (Lipinski definition) is 3. The van der Waals surface area contributed by atoms with E-state index in [2.05, 4.69) is 5.32 Å². The van der Waals surface area contributed by atoms with E-state index < -0.39 is 30.5 Å². The van der Waals surface area contributed by atoms with Gasteiger partial charge in [-0.2, -0.15) is 13.2 Å². The van der Waals surface area contributed by atoms with Crippen LogP contribution in [-0.4, -0.2) is 23.7 Å². The topological polar surface area (TPSA) is 49.3 Å². The number of halogens is 3. The lowest BCUT2D eigenvalue weighted by molar-refractivity contribution is -0.144. The second-order valence-electron chi connectivity index (χ2n) is 4.14. The van der Waals surface area contributed by atoms with Crippen molar-refractivity contribution in [2.24, 2.45) is 0 Å². The molecule has 2 N–H and O–H groups in total. The monoisotopic (exact) mass is 281 g/mol. The van der Waals surface area contributed by atoms with Crippen LogP contribution in [-0.2, 0) is 10.4 Å². The summed E-state index contributed by atoms with van der Waals surface area (Å²) in [6.07, 6.45) is -6.11. The van der Waals surface area contributed by atoms with E-state index in [0.717, 1.165) is 0 Å². The summed E-state index contributed by atoms with van der Waals surface area (Å²) >= 11 is 1.32. The van der Waals surface area contributed by atoms with Crippen molar-refractivity contribution in [2.75, 3.05) is 6.54 Å². The Hall–Kier alpha value is -1.08. The normalized spacial score (nSPS) is 15.2. The molecule has 0 aliphatic heterocycles. The summed E-state index contributed by atoms with van der Waals surface area (Å²) in [5, 5.41) is 14.1. The lowest BCUT2D eigenvalue weighted by Crippen LogP contribution is -2.38. The molecule has 0 saturated carbocycles. The van der Waals surface area contributed by atoms with Crippen LogP contribution in [0.2, 0.25) is 0 Å². The summed E-state index contributed by atoms with van der Waals surface area (Å²) in [5.41, 5.74) is -1.26. The number of aliphatic hydroxyl groups is 1. The zero-order valence-electron chi connectivity index (χ0n) is 9.75. The number of carbonyl (C=O) groups is 1. The van der Waals surface area contributed by atoms with Crippen LogP contribution in [0, 0.1) is 0 Å². The van der Waals surface area contributed by atoms with Crippen LogP contribution in [0.1, 0.15) is 24.6 Å². The number of amides is 1. The molecule has 1 heterocycles. The van der Waals surface area contributed by atoms with E-state index in [1.165, 1.54) is 18.3 Å². The Morgan fingerprint density at radius 1 is 1.50 bits per heavy atom. The molecule has 1 amide bonds. The van der Waals surface area contributed by atoms with Crippen LogP contribution in [0.5, 0.6) is 0 Å². The molecule has 0 aliphatic carbocycles. The largest absolute Gasteiger partial charge is 0.389 e. The highest BCUT2D eigenvalue weighted by Crippen LogP contribution is 2.25. The van der Waals surface area contributed by atoms with Gasteiger partial charge in [0.1, 0.15) is 5.60 Å². The van der Waals surface area contributed by atoms with E-state index in [1.807, 2.05) is 0 Å². The average molecular weight is 281 g/mol. The first kappa shape index (κ1) is 15.0. The summed E-state index contributed by atoms with van der Waals surface area (Å²) in [6.45, 7) is 1.40. The van der Waals surface area contributed by atoms with Gasteiger partial charge in [0, 0.05) is 11.3 Å². The summed E-state index contributed by atoms with van der Waals surface area (Å²) in [7, 11) is 0. The number of hydrogen-bond donors (Lipinski definition) is 2. The van der Waals surface area contributed by atoms with Gasteiger partial charge in [0.2, 0.25) is 5.91 Å². The fourth-order valence-electron chi connectivity index (χ4n) is 1.29. The first-order chi connectivity index (χ1) is 8.21. The average Bonchev–Trinajstić information content (AvgIpc) is 2.76. The fraction of sp³-hybridized carbons (Fsp3) is 0.545. The highest BCUT2D eigenvalue weighted by Gasteiger charge is 2.29. The number of rotatable bonds is 5. The quantitative estimate of drug-likeness (QED) is 0.870. The maximum atomic E-state index is 11.9. The van der Waals surface area contributed by atoms with Gasteiger partial charge in [-0.3, -0.25) is 4.79 Å². The van der Waals surface area contributed by atoms with Gasteiger partial charge in [-0.05, 0) is 18.4 Å². The fourth-order valence-corrected chi connectivity index (χ4v) is 2.07. The highest BCUT2D eigenvalue weighted by atomic mass is 32.1. The maximum absolute atomic E-state index is 11.9. The Morgan fingerprint density at radius 3 is 2.67 bits per heavy atom. The van der Waals surface area contributed by atoms with Gasteiger partial charge in [-0.1, -0.05) is 6.07 Å². The Labute approximate surface area is 107 Å². The van der Waals surface area contributed by atoms with Crippen LogP contribution >= 0.6 is 11.3 Å². The van der Waals surface area contributed by atoms with Crippen LogP contribution in [0.3, 0.4) is 0 Å². The van der Waals surface area contributed by atoms with Crippen molar-refractivity contribution in [3.05, 3.63) is 22.4 Å². The van der Waals surface area contributed by atoms with E-state index in [4.69, 9.17) is 0 Å². The molecular formula is C11H14F3NO2S. The van der Waals surface area contributed by atoms with Crippen molar-refractivity contribution < 1.29 is 23.1 Å². The van der Waals surface area contributed by atoms with Crippen molar-refractivity contribution in [3.8, 4) is 0 Å².